The number of carbonyl (C=O) groups is 1. The van der Waals surface area contributed by atoms with E-state index in [2.05, 4.69) is 5.32 Å². The standard InChI is InChI=1S/C13H16ClN3O4/c1-9(13(18)16-5-7-21-8-6-16)15-12-10(14)3-2-4-11(12)17(19)20/h2-4,9,15H,5-8H2,1H3. The van der Waals surface area contributed by atoms with E-state index in [1.54, 1.807) is 17.9 Å². The van der Waals surface area contributed by atoms with Crippen LogP contribution >= 0.6 is 11.6 Å². The number of anilines is 1. The molecule has 0 bridgehead atoms. The van der Waals surface area contributed by atoms with Gasteiger partial charge >= 0.3 is 0 Å². The molecule has 114 valence electrons. The molecule has 1 aromatic carbocycles. The second-order valence-corrected chi connectivity index (χ2v) is 5.10. The van der Waals surface area contributed by atoms with E-state index in [-0.39, 0.29) is 22.3 Å². The molecule has 1 aliphatic heterocycles. The molecule has 1 aromatic rings. The Bertz CT molecular complexity index is 546. The van der Waals surface area contributed by atoms with Gasteiger partial charge in [0.05, 0.1) is 23.2 Å². The van der Waals surface area contributed by atoms with Gasteiger partial charge in [-0.2, -0.15) is 0 Å². The molecule has 1 fully saturated rings. The smallest absolute Gasteiger partial charge is 0.293 e. The lowest BCUT2D eigenvalue weighted by atomic mass is 10.2. The Morgan fingerprint density at radius 2 is 2.14 bits per heavy atom. The zero-order valence-corrected chi connectivity index (χ0v) is 12.3. The minimum Gasteiger partial charge on any atom is -0.378 e. The number of nitro groups is 1. The van der Waals surface area contributed by atoms with Crippen LogP contribution in [0.4, 0.5) is 11.4 Å². The van der Waals surface area contributed by atoms with Gasteiger partial charge in [-0.05, 0) is 13.0 Å². The number of nitrogens with one attached hydrogen (secondary N) is 1. The number of benzene rings is 1. The normalized spacial score (nSPS) is 16.4. The van der Waals surface area contributed by atoms with Crippen LogP contribution in [0.15, 0.2) is 18.2 Å². The van der Waals surface area contributed by atoms with E-state index in [0.717, 1.165) is 0 Å². The first-order valence-electron chi connectivity index (χ1n) is 6.56. The summed E-state index contributed by atoms with van der Waals surface area (Å²) in [5.41, 5.74) is 0.0161. The predicted octanol–water partition coefficient (Wildman–Crippen LogP) is 1.91. The van der Waals surface area contributed by atoms with Gasteiger partial charge in [0, 0.05) is 19.2 Å². The number of nitrogens with zero attached hydrogens (tertiary/aromatic N) is 2. The number of para-hydroxylation sites is 1. The first-order valence-corrected chi connectivity index (χ1v) is 6.94. The topological polar surface area (TPSA) is 84.7 Å². The number of rotatable bonds is 4. The fraction of sp³-hybridized carbons (Fsp3) is 0.462. The van der Waals surface area contributed by atoms with Crippen molar-refractivity contribution in [1.82, 2.24) is 4.90 Å². The van der Waals surface area contributed by atoms with Gasteiger partial charge in [0.15, 0.2) is 0 Å². The van der Waals surface area contributed by atoms with Crippen LogP contribution in [0.25, 0.3) is 0 Å². The maximum absolute atomic E-state index is 12.3. The molecule has 0 aromatic heterocycles. The third kappa shape index (κ3) is 3.62. The maximum Gasteiger partial charge on any atom is 0.293 e. The molecule has 1 amide bonds. The monoisotopic (exact) mass is 313 g/mol. The van der Waals surface area contributed by atoms with Gasteiger partial charge in [-0.1, -0.05) is 17.7 Å². The number of ether oxygens (including phenoxy) is 1. The Kier molecular flexibility index (Phi) is 4.98. The Labute approximate surface area is 127 Å². The second kappa shape index (κ2) is 6.73. The lowest BCUT2D eigenvalue weighted by molar-refractivity contribution is -0.384. The third-order valence-electron chi connectivity index (χ3n) is 3.24. The Balaban J connectivity index is 2.13. The third-order valence-corrected chi connectivity index (χ3v) is 3.56. The number of carbonyl (C=O) groups excluding carboxylic acids is 1. The summed E-state index contributed by atoms with van der Waals surface area (Å²) < 4.78 is 5.19. The van der Waals surface area contributed by atoms with Crippen LogP contribution in [0.2, 0.25) is 5.02 Å². The van der Waals surface area contributed by atoms with Crippen molar-refractivity contribution in [2.45, 2.75) is 13.0 Å². The molecule has 1 N–H and O–H groups in total. The molecule has 8 heteroatoms. The summed E-state index contributed by atoms with van der Waals surface area (Å²) >= 11 is 6.00. The molecule has 21 heavy (non-hydrogen) atoms. The molecule has 1 heterocycles. The van der Waals surface area contributed by atoms with Crippen LogP contribution in [0, 0.1) is 10.1 Å². The van der Waals surface area contributed by atoms with Crippen molar-refractivity contribution < 1.29 is 14.5 Å². The number of nitro benzene ring substituents is 1. The highest BCUT2D eigenvalue weighted by Crippen LogP contribution is 2.32. The summed E-state index contributed by atoms with van der Waals surface area (Å²) in [6.45, 7) is 3.71. The lowest BCUT2D eigenvalue weighted by Crippen LogP contribution is -2.47. The van der Waals surface area contributed by atoms with Crippen LogP contribution in [0.3, 0.4) is 0 Å². The SMILES string of the molecule is CC(Nc1c(Cl)cccc1[N+](=O)[O-])C(=O)N1CCOCC1. The number of hydrogen-bond acceptors (Lipinski definition) is 5. The summed E-state index contributed by atoms with van der Waals surface area (Å²) in [7, 11) is 0. The van der Waals surface area contributed by atoms with E-state index in [0.29, 0.717) is 26.3 Å². The summed E-state index contributed by atoms with van der Waals surface area (Å²) in [5.74, 6) is -0.132. The van der Waals surface area contributed by atoms with E-state index in [9.17, 15) is 14.9 Å². The van der Waals surface area contributed by atoms with Crippen molar-refractivity contribution in [3.05, 3.63) is 33.3 Å². The number of amides is 1. The fourth-order valence-electron chi connectivity index (χ4n) is 2.14. The Morgan fingerprint density at radius 3 is 2.76 bits per heavy atom. The molecule has 1 saturated heterocycles. The van der Waals surface area contributed by atoms with E-state index in [1.165, 1.54) is 12.1 Å². The average Bonchev–Trinajstić information content (AvgIpc) is 2.49. The quantitative estimate of drug-likeness (QED) is 0.678. The number of halogens is 1. The predicted molar refractivity (Wildman–Crippen MR) is 78.6 cm³/mol. The van der Waals surface area contributed by atoms with E-state index >= 15 is 0 Å². The molecule has 0 radical (unpaired) electrons. The van der Waals surface area contributed by atoms with Gasteiger partial charge in [-0.3, -0.25) is 14.9 Å². The highest BCUT2D eigenvalue weighted by molar-refractivity contribution is 6.33. The molecule has 0 spiro atoms. The van der Waals surface area contributed by atoms with Crippen LogP contribution in [-0.2, 0) is 9.53 Å². The minimum atomic E-state index is -0.610. The van der Waals surface area contributed by atoms with Crippen LogP contribution in [0.5, 0.6) is 0 Å². The molecule has 1 aliphatic rings. The van der Waals surface area contributed by atoms with Crippen molar-refractivity contribution in [1.29, 1.82) is 0 Å². The Hall–Kier alpha value is -1.86. The van der Waals surface area contributed by atoms with E-state index in [1.807, 2.05) is 0 Å². The highest BCUT2D eigenvalue weighted by atomic mass is 35.5. The summed E-state index contributed by atoms with van der Waals surface area (Å²) in [6.07, 6.45) is 0. The first kappa shape index (κ1) is 15.5. The molecule has 0 aliphatic carbocycles. The zero-order valence-electron chi connectivity index (χ0n) is 11.5. The van der Waals surface area contributed by atoms with E-state index in [4.69, 9.17) is 16.3 Å². The second-order valence-electron chi connectivity index (χ2n) is 4.69. The molecule has 1 unspecified atom stereocenters. The van der Waals surface area contributed by atoms with E-state index < -0.39 is 11.0 Å². The van der Waals surface area contributed by atoms with Gasteiger partial charge in [0.2, 0.25) is 5.91 Å². The van der Waals surface area contributed by atoms with Crippen molar-refractivity contribution in [3.8, 4) is 0 Å². The van der Waals surface area contributed by atoms with Crippen molar-refractivity contribution in [2.24, 2.45) is 0 Å². The van der Waals surface area contributed by atoms with Gasteiger partial charge < -0.3 is 15.0 Å². The molecule has 7 nitrogen and oxygen atoms in total. The van der Waals surface area contributed by atoms with Gasteiger partial charge in [-0.25, -0.2) is 0 Å². The van der Waals surface area contributed by atoms with Crippen LogP contribution in [-0.4, -0.2) is 48.1 Å². The van der Waals surface area contributed by atoms with Crippen molar-refractivity contribution in [2.75, 3.05) is 31.6 Å². The summed E-state index contributed by atoms with van der Waals surface area (Å²) in [4.78, 5) is 24.5. The molecular formula is C13H16ClN3O4. The minimum absolute atomic E-state index is 0.132. The first-order chi connectivity index (χ1) is 10.0. The summed E-state index contributed by atoms with van der Waals surface area (Å²) in [6, 6.07) is 3.78. The largest absolute Gasteiger partial charge is 0.378 e. The van der Waals surface area contributed by atoms with Crippen LogP contribution < -0.4 is 5.32 Å². The van der Waals surface area contributed by atoms with Gasteiger partial charge in [0.1, 0.15) is 11.7 Å². The average molecular weight is 314 g/mol. The molecule has 2 rings (SSSR count). The summed E-state index contributed by atoms with van der Waals surface area (Å²) in [5, 5.41) is 14.1. The lowest BCUT2D eigenvalue weighted by Gasteiger charge is -2.29. The Morgan fingerprint density at radius 1 is 1.48 bits per heavy atom. The maximum atomic E-state index is 12.3. The van der Waals surface area contributed by atoms with Gasteiger partial charge in [0.25, 0.3) is 5.69 Å². The number of morpholine rings is 1. The molecule has 0 saturated carbocycles. The zero-order chi connectivity index (χ0) is 15.4. The fourth-order valence-corrected chi connectivity index (χ4v) is 2.37. The molecule has 1 atom stereocenters. The molecular weight excluding hydrogens is 298 g/mol. The van der Waals surface area contributed by atoms with Crippen molar-refractivity contribution >= 4 is 28.9 Å². The number of hydrogen-bond donors (Lipinski definition) is 1. The van der Waals surface area contributed by atoms with Crippen molar-refractivity contribution in [3.63, 3.8) is 0 Å². The van der Waals surface area contributed by atoms with Crippen LogP contribution in [0.1, 0.15) is 6.92 Å². The van der Waals surface area contributed by atoms with Gasteiger partial charge in [-0.15, -0.1) is 0 Å². The highest BCUT2D eigenvalue weighted by Gasteiger charge is 2.25.